The molecule has 2 aromatic heterocycles. The van der Waals surface area contributed by atoms with Gasteiger partial charge in [-0.05, 0) is 134 Å². The summed E-state index contributed by atoms with van der Waals surface area (Å²) in [6, 6.07) is 36.3. The minimum Gasteiger partial charge on any atom is -0.480 e. The third-order valence-electron chi connectivity index (χ3n) is 12.7. The maximum atomic E-state index is 13.5. The fraction of sp³-hybridized carbons (Fsp3) is 0.349. The molecule has 84 heavy (non-hydrogen) atoms. The van der Waals surface area contributed by atoms with Crippen molar-refractivity contribution in [1.29, 1.82) is 0 Å². The third-order valence-corrected chi connectivity index (χ3v) is 12.7. The van der Waals surface area contributed by atoms with Crippen LogP contribution in [0, 0.1) is 0 Å². The number of hydrogen-bond acceptors (Lipinski definition) is 10. The zero-order valence-corrected chi connectivity index (χ0v) is 48.6. The molecule has 0 radical (unpaired) electrons. The summed E-state index contributed by atoms with van der Waals surface area (Å²) in [5.74, 6) is -2.12. The number of carboxylic acid groups (broad SMARTS) is 1. The highest BCUT2D eigenvalue weighted by atomic mass is 19.4. The molecule has 0 fully saturated rings. The first-order valence-electron chi connectivity index (χ1n) is 27.3. The summed E-state index contributed by atoms with van der Waals surface area (Å²) in [6.07, 6.45) is -1.15. The van der Waals surface area contributed by atoms with E-state index in [9.17, 15) is 47.0 Å². The standard InChI is InChI=1S/C33H42N4O4.C28H33N5O4.C2HF3O/c1-22(2)25-14-9-10-16-27(25)26-15-8-7-13-24(26)21-37-20-12-17-28(31(37)39)30(38)36-29(18-11-19-35-23(3)34)32(40)41-33(4,5)6;1-18(2)20-10-5-6-12-22(20)21-11-4-3-9-19(21)17-33-16-8-13-23(26(33)35)25(34)32-24(27(36)37)14-7-15-31-28(29)30;3-2(4,5)1-6/h7-10,12-17,20,22,29H,11,18-19,21H2,1-6H3,(H2,34,35)(H,36,38);3-6,8-13,16,18,24H,7,14-15,17H2,1-2H3,(H,32,34)(H,36,37)(H4,29,30,31);1H/t29-;24-;/m00./s1. The Bertz CT molecular complexity index is 3390. The summed E-state index contributed by atoms with van der Waals surface area (Å²) >= 11 is 0. The lowest BCUT2D eigenvalue weighted by molar-refractivity contribution is -0.157. The van der Waals surface area contributed by atoms with E-state index in [0.29, 0.717) is 43.5 Å². The molecule has 0 saturated carbocycles. The number of pyridine rings is 2. The van der Waals surface area contributed by atoms with Crippen LogP contribution in [0.2, 0.25) is 0 Å². The third kappa shape index (κ3) is 21.3. The van der Waals surface area contributed by atoms with Gasteiger partial charge < -0.3 is 46.8 Å². The zero-order chi connectivity index (χ0) is 62.3. The maximum Gasteiger partial charge on any atom is 0.446 e. The van der Waals surface area contributed by atoms with E-state index < -0.39 is 65.0 Å². The van der Waals surface area contributed by atoms with Gasteiger partial charge in [-0.3, -0.25) is 34.0 Å². The first-order valence-corrected chi connectivity index (χ1v) is 27.3. The molecule has 2 atom stereocenters. The number of aldehydes is 1. The molecular weight excluding hydrogens is 1080 g/mol. The summed E-state index contributed by atoms with van der Waals surface area (Å²) in [6.45, 7) is 16.8. The number of rotatable bonds is 22. The van der Waals surface area contributed by atoms with Crippen molar-refractivity contribution in [2.45, 2.75) is 130 Å². The molecule has 6 aromatic rings. The normalized spacial score (nSPS) is 12.1. The minimum absolute atomic E-state index is 0.0445. The van der Waals surface area contributed by atoms with Crippen LogP contribution in [0.1, 0.15) is 136 Å². The van der Waals surface area contributed by atoms with Crippen molar-refractivity contribution in [3.8, 4) is 22.3 Å². The molecular formula is C63H76F3N9O9. The van der Waals surface area contributed by atoms with Gasteiger partial charge in [0.1, 0.15) is 28.8 Å². The van der Waals surface area contributed by atoms with Crippen LogP contribution < -0.4 is 39.0 Å². The van der Waals surface area contributed by atoms with E-state index in [2.05, 4.69) is 78.6 Å². The number of nitrogens with zero attached hydrogens (tertiary/aromatic N) is 4. The predicted molar refractivity (Wildman–Crippen MR) is 321 cm³/mol. The molecule has 0 aliphatic carbocycles. The Hall–Kier alpha value is -9.14. The van der Waals surface area contributed by atoms with Crippen LogP contribution in [-0.4, -0.2) is 93.0 Å². The maximum absolute atomic E-state index is 13.5. The molecule has 0 aliphatic rings. The molecule has 6 rings (SSSR count). The number of amidine groups is 1. The van der Waals surface area contributed by atoms with Crippen molar-refractivity contribution >= 4 is 41.8 Å². The average Bonchev–Trinajstić information content (AvgIpc) is 3.45. The Morgan fingerprint density at radius 3 is 1.37 bits per heavy atom. The molecule has 0 bridgehead atoms. The van der Waals surface area contributed by atoms with Crippen molar-refractivity contribution in [3.05, 3.63) is 188 Å². The second-order valence-corrected chi connectivity index (χ2v) is 21.2. The van der Waals surface area contributed by atoms with Gasteiger partial charge >= 0.3 is 18.1 Å². The van der Waals surface area contributed by atoms with E-state index in [1.165, 1.54) is 32.4 Å². The number of carbonyl (C=O) groups excluding carboxylic acids is 4. The van der Waals surface area contributed by atoms with Crippen LogP contribution in [0.15, 0.2) is 153 Å². The number of nitrogens with two attached hydrogens (primary N) is 3. The van der Waals surface area contributed by atoms with E-state index in [-0.39, 0.29) is 43.1 Å². The van der Waals surface area contributed by atoms with Gasteiger partial charge in [0.25, 0.3) is 22.9 Å². The first kappa shape index (κ1) is 67.4. The van der Waals surface area contributed by atoms with Crippen LogP contribution >= 0.6 is 0 Å². The topological polar surface area (TPSA) is 286 Å². The number of amides is 2. The molecule has 448 valence electrons. The summed E-state index contributed by atoms with van der Waals surface area (Å²) in [4.78, 5) is 94.2. The number of esters is 1. The lowest BCUT2D eigenvalue weighted by atomic mass is 9.90. The summed E-state index contributed by atoms with van der Waals surface area (Å²) in [5, 5.41) is 14.7. The van der Waals surface area contributed by atoms with Crippen LogP contribution in [-0.2, 0) is 32.2 Å². The highest BCUT2D eigenvalue weighted by Crippen LogP contribution is 2.33. The molecule has 0 aliphatic heterocycles. The number of aliphatic imine (C=N–C) groups is 2. The number of benzene rings is 4. The summed E-state index contributed by atoms with van der Waals surface area (Å²) in [7, 11) is 0. The molecule has 2 amide bonds. The second kappa shape index (κ2) is 31.9. The Kier molecular flexibility index (Phi) is 25.6. The quantitative estimate of drug-likeness (QED) is 0.0122. The Labute approximate surface area is 487 Å². The number of carboxylic acids is 1. The summed E-state index contributed by atoms with van der Waals surface area (Å²) < 4.78 is 39.8. The Morgan fingerprint density at radius 2 is 0.988 bits per heavy atom. The lowest BCUT2D eigenvalue weighted by Gasteiger charge is -2.24. The predicted octanol–water partition coefficient (Wildman–Crippen LogP) is 8.96. The van der Waals surface area contributed by atoms with Crippen LogP contribution in [0.25, 0.3) is 22.3 Å². The highest BCUT2D eigenvalue weighted by Gasteiger charge is 2.29. The van der Waals surface area contributed by atoms with Gasteiger partial charge in [0.05, 0.1) is 18.9 Å². The first-order chi connectivity index (χ1) is 39.6. The van der Waals surface area contributed by atoms with Gasteiger partial charge in [0, 0.05) is 25.5 Å². The van der Waals surface area contributed by atoms with Gasteiger partial charge in [0.15, 0.2) is 5.96 Å². The number of aliphatic carboxylic acids is 1. The van der Waals surface area contributed by atoms with Crippen LogP contribution in [0.3, 0.4) is 0 Å². The van der Waals surface area contributed by atoms with Crippen LogP contribution in [0.4, 0.5) is 13.2 Å². The largest absolute Gasteiger partial charge is 0.480 e. The van der Waals surface area contributed by atoms with Crippen molar-refractivity contribution < 1.29 is 47.0 Å². The van der Waals surface area contributed by atoms with E-state index >= 15 is 0 Å². The monoisotopic (exact) mass is 1160 g/mol. The van der Waals surface area contributed by atoms with E-state index in [4.69, 9.17) is 26.7 Å². The molecule has 9 N–H and O–H groups in total. The van der Waals surface area contributed by atoms with Crippen molar-refractivity contribution in [1.82, 2.24) is 19.8 Å². The molecule has 4 aromatic carbocycles. The smallest absolute Gasteiger partial charge is 0.446 e. The number of alkyl halides is 3. The van der Waals surface area contributed by atoms with Crippen molar-refractivity contribution in [2.24, 2.45) is 27.2 Å². The number of hydrogen-bond donors (Lipinski definition) is 6. The van der Waals surface area contributed by atoms with Gasteiger partial charge in [0.2, 0.25) is 6.29 Å². The number of ether oxygens (including phenoxy) is 1. The number of aromatic nitrogens is 2. The molecule has 18 nitrogen and oxygen atoms in total. The fourth-order valence-electron chi connectivity index (χ4n) is 8.77. The molecule has 21 heteroatoms. The molecule has 0 spiro atoms. The fourth-order valence-corrected chi connectivity index (χ4v) is 8.77. The molecule has 2 heterocycles. The number of halogens is 3. The van der Waals surface area contributed by atoms with Gasteiger partial charge in [-0.15, -0.1) is 0 Å². The van der Waals surface area contributed by atoms with Gasteiger partial charge in [-0.1, -0.05) is 125 Å². The zero-order valence-electron chi connectivity index (χ0n) is 48.6. The van der Waals surface area contributed by atoms with Crippen molar-refractivity contribution in [2.75, 3.05) is 13.1 Å². The summed E-state index contributed by atoms with van der Waals surface area (Å²) in [5.41, 5.74) is 22.9. The Morgan fingerprint density at radius 1 is 0.607 bits per heavy atom. The molecule has 0 unspecified atom stereocenters. The van der Waals surface area contributed by atoms with Crippen molar-refractivity contribution in [3.63, 3.8) is 0 Å². The number of nitrogens with one attached hydrogen (secondary N) is 2. The Balaban J connectivity index is 0.000000330. The van der Waals surface area contributed by atoms with Gasteiger partial charge in [-0.25, -0.2) is 9.59 Å². The lowest BCUT2D eigenvalue weighted by Crippen LogP contribution is -2.45. The number of guanidine groups is 1. The van der Waals surface area contributed by atoms with Gasteiger partial charge in [-0.2, -0.15) is 13.2 Å². The SMILES string of the molecule is CC(C)c1ccccc1-c1ccccc1Cn1cccc(C(=O)N[C@@H](CCCN=C(N)N)C(=O)O)c1=O.CC(N)=NCCC[C@H](NC(=O)c1cccn(Cc2ccccc2-c2ccccc2C(C)C)c1=O)C(=O)OC(C)(C)C.O=CC(F)(F)F. The second-order valence-electron chi connectivity index (χ2n) is 21.2. The van der Waals surface area contributed by atoms with Crippen LogP contribution in [0.5, 0.6) is 0 Å². The van der Waals surface area contributed by atoms with E-state index in [1.54, 1.807) is 52.2 Å². The minimum atomic E-state index is -4.64. The highest BCUT2D eigenvalue weighted by molar-refractivity contribution is 5.97. The average molecular weight is 1160 g/mol. The van der Waals surface area contributed by atoms with E-state index in [0.717, 1.165) is 33.4 Å². The van der Waals surface area contributed by atoms with E-state index in [1.807, 2.05) is 66.7 Å². The molecule has 0 saturated heterocycles. The number of carbonyl (C=O) groups is 5.